The van der Waals surface area contributed by atoms with Gasteiger partial charge in [0.15, 0.2) is 0 Å². The fourth-order valence-electron chi connectivity index (χ4n) is 4.23. The molecule has 0 amide bonds. The quantitative estimate of drug-likeness (QED) is 0.233. The van der Waals surface area contributed by atoms with Crippen LogP contribution in [0.2, 0.25) is 5.02 Å². The summed E-state index contributed by atoms with van der Waals surface area (Å²) in [6, 6.07) is 21.5. The Morgan fingerprint density at radius 2 is 1.86 bits per heavy atom. The molecule has 0 unspecified atom stereocenters. The van der Waals surface area contributed by atoms with Gasteiger partial charge in [0, 0.05) is 49.0 Å². The fourth-order valence-corrected chi connectivity index (χ4v) is 4.42. The number of aromatic nitrogens is 2. The van der Waals surface area contributed by atoms with E-state index < -0.39 is 0 Å². The molecule has 0 radical (unpaired) electrons. The molecule has 0 spiro atoms. The van der Waals surface area contributed by atoms with Gasteiger partial charge >= 0.3 is 0 Å². The third kappa shape index (κ3) is 7.17. The number of pyridine rings is 2. The van der Waals surface area contributed by atoms with Crippen molar-refractivity contribution < 1.29 is 4.74 Å². The van der Waals surface area contributed by atoms with E-state index in [0.717, 1.165) is 72.6 Å². The zero-order valence-corrected chi connectivity index (χ0v) is 21.0. The number of ether oxygens (including phenoxy) is 1. The maximum absolute atomic E-state index is 11.8. The number of benzene rings is 2. The van der Waals surface area contributed by atoms with E-state index in [9.17, 15) is 4.79 Å². The summed E-state index contributed by atoms with van der Waals surface area (Å²) in [4.78, 5) is 18.5. The molecule has 2 heterocycles. The molecule has 2 aromatic heterocycles. The van der Waals surface area contributed by atoms with Crippen LogP contribution in [0.5, 0.6) is 5.75 Å². The number of nitrogens with zero attached hydrogens (tertiary/aromatic N) is 3. The van der Waals surface area contributed by atoms with Crippen molar-refractivity contribution in [3.8, 4) is 5.75 Å². The van der Waals surface area contributed by atoms with Crippen LogP contribution in [-0.4, -0.2) is 34.1 Å². The fraction of sp³-hybridized carbons (Fsp3) is 0.310. The summed E-state index contributed by atoms with van der Waals surface area (Å²) in [5.74, 6) is 0.841. The summed E-state index contributed by atoms with van der Waals surface area (Å²) >= 11 is 6.43. The van der Waals surface area contributed by atoms with Gasteiger partial charge in [-0.15, -0.1) is 0 Å². The average Bonchev–Trinajstić information content (AvgIpc) is 2.88. The SMILES string of the molecule is Cn1c(=O)ccc2cc(OCCCCCN(CCc3cccnc3)Cc3ccccc3Cl)ccc21. The molecule has 0 bridgehead atoms. The maximum atomic E-state index is 11.8. The van der Waals surface area contributed by atoms with Crippen LogP contribution < -0.4 is 10.3 Å². The third-order valence-electron chi connectivity index (χ3n) is 6.28. The number of rotatable bonds is 12. The molecule has 0 saturated carbocycles. The number of unbranched alkanes of at least 4 members (excludes halogenated alkanes) is 2. The second-order valence-corrected chi connectivity index (χ2v) is 9.25. The molecule has 2 aromatic carbocycles. The first-order valence-corrected chi connectivity index (χ1v) is 12.6. The Morgan fingerprint density at radius 1 is 0.971 bits per heavy atom. The zero-order chi connectivity index (χ0) is 24.5. The van der Waals surface area contributed by atoms with E-state index in [1.807, 2.05) is 60.9 Å². The van der Waals surface area contributed by atoms with Gasteiger partial charge in [-0.25, -0.2) is 0 Å². The van der Waals surface area contributed by atoms with E-state index >= 15 is 0 Å². The highest BCUT2D eigenvalue weighted by molar-refractivity contribution is 6.31. The van der Waals surface area contributed by atoms with Crippen LogP contribution in [0.25, 0.3) is 10.9 Å². The van der Waals surface area contributed by atoms with Crippen molar-refractivity contribution in [1.29, 1.82) is 0 Å². The molecule has 0 aliphatic carbocycles. The lowest BCUT2D eigenvalue weighted by Crippen LogP contribution is -2.27. The number of halogens is 1. The third-order valence-corrected chi connectivity index (χ3v) is 6.64. The van der Waals surface area contributed by atoms with Gasteiger partial charge in [-0.1, -0.05) is 35.9 Å². The average molecular weight is 490 g/mol. The topological polar surface area (TPSA) is 47.4 Å². The molecule has 5 nitrogen and oxygen atoms in total. The van der Waals surface area contributed by atoms with Gasteiger partial charge in [-0.3, -0.25) is 14.7 Å². The summed E-state index contributed by atoms with van der Waals surface area (Å²) in [6.45, 7) is 3.50. The summed E-state index contributed by atoms with van der Waals surface area (Å²) in [7, 11) is 1.79. The molecule has 0 saturated heterocycles. The molecule has 0 fully saturated rings. The lowest BCUT2D eigenvalue weighted by atomic mass is 10.1. The smallest absolute Gasteiger partial charge is 0.250 e. The van der Waals surface area contributed by atoms with Crippen LogP contribution >= 0.6 is 11.6 Å². The first kappa shape index (κ1) is 25.0. The molecular formula is C29H32ClN3O2. The number of hydrogen-bond acceptors (Lipinski definition) is 4. The van der Waals surface area contributed by atoms with Crippen LogP contribution in [0.4, 0.5) is 0 Å². The van der Waals surface area contributed by atoms with Gasteiger partial charge in [-0.2, -0.15) is 0 Å². The molecule has 35 heavy (non-hydrogen) atoms. The zero-order valence-electron chi connectivity index (χ0n) is 20.2. The van der Waals surface area contributed by atoms with Crippen LogP contribution in [0, 0.1) is 0 Å². The van der Waals surface area contributed by atoms with Gasteiger partial charge in [0.2, 0.25) is 0 Å². The monoisotopic (exact) mass is 489 g/mol. The molecule has 0 aliphatic rings. The molecule has 4 aromatic rings. The van der Waals surface area contributed by atoms with Gasteiger partial charge < -0.3 is 9.30 Å². The highest BCUT2D eigenvalue weighted by Gasteiger charge is 2.09. The highest BCUT2D eigenvalue weighted by atomic mass is 35.5. The Hall–Kier alpha value is -3.15. The first-order valence-electron chi connectivity index (χ1n) is 12.2. The summed E-state index contributed by atoms with van der Waals surface area (Å²) < 4.78 is 7.64. The van der Waals surface area contributed by atoms with Crippen molar-refractivity contribution in [2.24, 2.45) is 7.05 Å². The Kier molecular flexibility index (Phi) is 8.93. The minimum atomic E-state index is -0.00446. The summed E-state index contributed by atoms with van der Waals surface area (Å²) in [5.41, 5.74) is 3.32. The van der Waals surface area contributed by atoms with Gasteiger partial charge in [-0.05, 0) is 79.8 Å². The summed E-state index contributed by atoms with van der Waals surface area (Å²) in [6.07, 6.45) is 7.91. The lowest BCUT2D eigenvalue weighted by molar-refractivity contribution is 0.254. The Morgan fingerprint density at radius 3 is 2.69 bits per heavy atom. The standard InChI is InChI=1S/C29H32ClN3O2/c1-32-28-13-12-26(20-24(28)11-14-29(32)34)35-19-6-2-5-17-33(18-15-23-8-7-16-31-21-23)22-25-9-3-4-10-27(25)30/h3-4,7-14,16,20-21H,2,5-6,15,17-19,22H2,1H3. The van der Waals surface area contributed by atoms with Crippen molar-refractivity contribution in [1.82, 2.24) is 14.5 Å². The van der Waals surface area contributed by atoms with E-state index in [4.69, 9.17) is 16.3 Å². The van der Waals surface area contributed by atoms with Gasteiger partial charge in [0.1, 0.15) is 5.75 Å². The van der Waals surface area contributed by atoms with E-state index in [1.54, 1.807) is 17.7 Å². The first-order chi connectivity index (χ1) is 17.1. The predicted octanol–water partition coefficient (Wildman–Crippen LogP) is 5.88. The van der Waals surface area contributed by atoms with Crippen molar-refractivity contribution >= 4 is 22.5 Å². The Labute approximate surface area is 211 Å². The Balaban J connectivity index is 1.25. The Bertz CT molecular complexity index is 1290. The maximum Gasteiger partial charge on any atom is 0.250 e. The van der Waals surface area contributed by atoms with E-state index in [-0.39, 0.29) is 5.56 Å². The van der Waals surface area contributed by atoms with E-state index in [1.165, 1.54) is 5.56 Å². The van der Waals surface area contributed by atoms with Crippen molar-refractivity contribution in [3.63, 3.8) is 0 Å². The minimum absolute atomic E-state index is 0.00446. The van der Waals surface area contributed by atoms with Gasteiger partial charge in [0.25, 0.3) is 5.56 Å². The number of hydrogen-bond donors (Lipinski definition) is 0. The van der Waals surface area contributed by atoms with Gasteiger partial charge in [0.05, 0.1) is 12.1 Å². The summed E-state index contributed by atoms with van der Waals surface area (Å²) in [5, 5.41) is 1.83. The molecule has 6 heteroatoms. The molecule has 182 valence electrons. The molecule has 0 N–H and O–H groups in total. The molecule has 0 aliphatic heterocycles. The molecule has 0 atom stereocenters. The second kappa shape index (κ2) is 12.5. The van der Waals surface area contributed by atoms with Crippen LogP contribution in [0.15, 0.2) is 83.9 Å². The highest BCUT2D eigenvalue weighted by Crippen LogP contribution is 2.20. The van der Waals surface area contributed by atoms with Crippen LogP contribution in [-0.2, 0) is 20.0 Å². The van der Waals surface area contributed by atoms with Crippen molar-refractivity contribution in [2.45, 2.75) is 32.2 Å². The minimum Gasteiger partial charge on any atom is -0.494 e. The number of aryl methyl sites for hydroxylation is 1. The number of fused-ring (bicyclic) bond motifs is 1. The van der Waals surface area contributed by atoms with Crippen LogP contribution in [0.1, 0.15) is 30.4 Å². The normalized spacial score (nSPS) is 11.3. The molecule has 4 rings (SSSR count). The van der Waals surface area contributed by atoms with Crippen molar-refractivity contribution in [3.05, 3.63) is 106 Å². The van der Waals surface area contributed by atoms with Crippen LogP contribution in [0.3, 0.4) is 0 Å². The van der Waals surface area contributed by atoms with E-state index in [2.05, 4.69) is 22.0 Å². The lowest BCUT2D eigenvalue weighted by Gasteiger charge is -2.23. The van der Waals surface area contributed by atoms with E-state index in [0.29, 0.717) is 6.61 Å². The predicted molar refractivity (Wildman–Crippen MR) is 143 cm³/mol. The van der Waals surface area contributed by atoms with Crippen molar-refractivity contribution in [2.75, 3.05) is 19.7 Å². The largest absolute Gasteiger partial charge is 0.494 e. The molecular weight excluding hydrogens is 458 g/mol. The second-order valence-electron chi connectivity index (χ2n) is 8.84.